The number of anilines is 2. The van der Waals surface area contributed by atoms with Crippen LogP contribution in [0.3, 0.4) is 0 Å². The standard InChI is InChI=1S/C15H13ClN4O2/c1-4-9-6-5-7-10(14(9)22-3)18-11-8-12(16)19-20-13(11)15(21)17-2/h1,5-8H,2-3H3,(H,17,21)(H,18,19). The van der Waals surface area contributed by atoms with Crippen molar-refractivity contribution in [2.75, 3.05) is 19.5 Å². The first kappa shape index (κ1) is 15.6. The summed E-state index contributed by atoms with van der Waals surface area (Å²) in [5.74, 6) is 2.63. The Hall–Kier alpha value is -2.78. The second kappa shape index (κ2) is 6.78. The van der Waals surface area contributed by atoms with Gasteiger partial charge >= 0.3 is 0 Å². The first-order chi connectivity index (χ1) is 10.6. The molecule has 2 rings (SSSR count). The Morgan fingerprint density at radius 1 is 1.36 bits per heavy atom. The molecule has 0 saturated heterocycles. The van der Waals surface area contributed by atoms with Crippen molar-refractivity contribution in [2.24, 2.45) is 0 Å². The lowest BCUT2D eigenvalue weighted by atomic mass is 10.1. The van der Waals surface area contributed by atoms with E-state index in [1.54, 1.807) is 18.2 Å². The van der Waals surface area contributed by atoms with Crippen molar-refractivity contribution in [3.63, 3.8) is 0 Å². The van der Waals surface area contributed by atoms with Gasteiger partial charge in [0.25, 0.3) is 5.91 Å². The van der Waals surface area contributed by atoms with Crippen molar-refractivity contribution in [3.05, 3.63) is 40.7 Å². The van der Waals surface area contributed by atoms with Gasteiger partial charge in [-0.2, -0.15) is 0 Å². The highest BCUT2D eigenvalue weighted by molar-refractivity contribution is 6.29. The average molecular weight is 317 g/mol. The Labute approximate surface area is 132 Å². The zero-order chi connectivity index (χ0) is 16.1. The molecule has 2 aromatic rings. The normalized spacial score (nSPS) is 9.73. The fourth-order valence-corrected chi connectivity index (χ4v) is 2.01. The Kier molecular flexibility index (Phi) is 4.81. The molecule has 2 N–H and O–H groups in total. The van der Waals surface area contributed by atoms with Gasteiger partial charge in [-0.1, -0.05) is 23.6 Å². The van der Waals surface area contributed by atoms with Crippen LogP contribution in [0.5, 0.6) is 5.75 Å². The van der Waals surface area contributed by atoms with Crippen LogP contribution in [0.1, 0.15) is 16.1 Å². The van der Waals surface area contributed by atoms with Gasteiger partial charge in [-0.05, 0) is 12.1 Å². The first-order valence-electron chi connectivity index (χ1n) is 6.26. The highest BCUT2D eigenvalue weighted by Crippen LogP contribution is 2.32. The minimum Gasteiger partial charge on any atom is -0.493 e. The number of hydrogen-bond acceptors (Lipinski definition) is 5. The monoisotopic (exact) mass is 316 g/mol. The molecular formula is C15H13ClN4O2. The van der Waals surface area contributed by atoms with Crippen molar-refractivity contribution in [3.8, 4) is 18.1 Å². The molecule has 1 aromatic carbocycles. The number of halogens is 1. The Morgan fingerprint density at radius 2 is 2.14 bits per heavy atom. The van der Waals surface area contributed by atoms with E-state index in [1.807, 2.05) is 0 Å². The summed E-state index contributed by atoms with van der Waals surface area (Å²) in [6.07, 6.45) is 5.45. The summed E-state index contributed by atoms with van der Waals surface area (Å²) in [6, 6.07) is 6.79. The van der Waals surface area contributed by atoms with Gasteiger partial charge in [-0.25, -0.2) is 0 Å². The van der Waals surface area contributed by atoms with E-state index in [4.69, 9.17) is 22.8 Å². The number of amides is 1. The summed E-state index contributed by atoms with van der Waals surface area (Å²) >= 11 is 5.85. The fraction of sp³-hybridized carbons (Fsp3) is 0.133. The molecule has 0 spiro atoms. The predicted molar refractivity (Wildman–Crippen MR) is 84.6 cm³/mol. The molecule has 1 heterocycles. The number of terminal acetylenes is 1. The van der Waals surface area contributed by atoms with E-state index in [2.05, 4.69) is 26.8 Å². The topological polar surface area (TPSA) is 76.1 Å². The van der Waals surface area contributed by atoms with Crippen LogP contribution >= 0.6 is 11.6 Å². The number of methoxy groups -OCH3 is 1. The van der Waals surface area contributed by atoms with Crippen LogP contribution in [0.25, 0.3) is 0 Å². The average Bonchev–Trinajstić information content (AvgIpc) is 2.54. The molecule has 0 aliphatic rings. The lowest BCUT2D eigenvalue weighted by Gasteiger charge is -2.14. The SMILES string of the molecule is C#Cc1cccc(Nc2cc(Cl)nnc2C(=O)NC)c1OC. The summed E-state index contributed by atoms with van der Waals surface area (Å²) in [4.78, 5) is 11.9. The van der Waals surface area contributed by atoms with E-state index in [-0.39, 0.29) is 10.8 Å². The maximum Gasteiger partial charge on any atom is 0.273 e. The number of carbonyl (C=O) groups is 1. The van der Waals surface area contributed by atoms with Crippen molar-refractivity contribution < 1.29 is 9.53 Å². The van der Waals surface area contributed by atoms with Crippen LogP contribution in [0.2, 0.25) is 5.15 Å². The molecular weight excluding hydrogens is 304 g/mol. The van der Waals surface area contributed by atoms with E-state index >= 15 is 0 Å². The zero-order valence-corrected chi connectivity index (χ0v) is 12.7. The molecule has 0 fully saturated rings. The van der Waals surface area contributed by atoms with E-state index in [1.165, 1.54) is 20.2 Å². The molecule has 0 aliphatic heterocycles. The second-order valence-corrected chi connectivity index (χ2v) is 4.55. The third-order valence-corrected chi connectivity index (χ3v) is 3.03. The molecule has 0 aliphatic carbocycles. The lowest BCUT2D eigenvalue weighted by molar-refractivity contribution is 0.0958. The van der Waals surface area contributed by atoms with Crippen LogP contribution in [0, 0.1) is 12.3 Å². The van der Waals surface area contributed by atoms with Crippen LogP contribution < -0.4 is 15.4 Å². The summed E-state index contributed by atoms with van der Waals surface area (Å²) in [7, 11) is 3.01. The third-order valence-electron chi connectivity index (χ3n) is 2.85. The number of carbonyl (C=O) groups excluding carboxylic acids is 1. The zero-order valence-electron chi connectivity index (χ0n) is 12.0. The molecule has 0 atom stereocenters. The van der Waals surface area contributed by atoms with E-state index in [0.717, 1.165) is 0 Å². The molecule has 1 amide bonds. The third kappa shape index (κ3) is 3.10. The van der Waals surface area contributed by atoms with Gasteiger partial charge in [0.15, 0.2) is 16.6 Å². The van der Waals surface area contributed by atoms with Gasteiger partial charge in [0.2, 0.25) is 0 Å². The molecule has 22 heavy (non-hydrogen) atoms. The first-order valence-corrected chi connectivity index (χ1v) is 6.64. The Bertz CT molecular complexity index is 756. The number of nitrogens with one attached hydrogen (secondary N) is 2. The molecule has 112 valence electrons. The number of benzene rings is 1. The quantitative estimate of drug-likeness (QED) is 0.846. The predicted octanol–water partition coefficient (Wildman–Crippen LogP) is 2.22. The van der Waals surface area contributed by atoms with E-state index in [0.29, 0.717) is 22.7 Å². The Balaban J connectivity index is 2.50. The summed E-state index contributed by atoms with van der Waals surface area (Å²) in [5.41, 5.74) is 1.68. The Morgan fingerprint density at radius 3 is 2.77 bits per heavy atom. The van der Waals surface area contributed by atoms with Gasteiger partial charge in [0.05, 0.1) is 24.0 Å². The van der Waals surface area contributed by atoms with Gasteiger partial charge in [-0.15, -0.1) is 16.6 Å². The van der Waals surface area contributed by atoms with Crippen LogP contribution in [-0.2, 0) is 0 Å². The molecule has 0 radical (unpaired) electrons. The van der Waals surface area contributed by atoms with Gasteiger partial charge < -0.3 is 15.4 Å². The number of ether oxygens (including phenoxy) is 1. The maximum atomic E-state index is 11.9. The summed E-state index contributed by atoms with van der Waals surface area (Å²) in [6.45, 7) is 0. The van der Waals surface area contributed by atoms with Gasteiger partial charge in [0.1, 0.15) is 0 Å². The number of aromatic nitrogens is 2. The maximum absolute atomic E-state index is 11.9. The number of para-hydroxylation sites is 1. The minimum atomic E-state index is -0.390. The van der Waals surface area contributed by atoms with E-state index < -0.39 is 5.91 Å². The van der Waals surface area contributed by atoms with Gasteiger partial charge in [0, 0.05) is 13.1 Å². The second-order valence-electron chi connectivity index (χ2n) is 4.16. The van der Waals surface area contributed by atoms with E-state index in [9.17, 15) is 4.79 Å². The van der Waals surface area contributed by atoms with Crippen molar-refractivity contribution in [1.29, 1.82) is 0 Å². The van der Waals surface area contributed by atoms with Crippen LogP contribution in [0.4, 0.5) is 11.4 Å². The van der Waals surface area contributed by atoms with Crippen LogP contribution in [0.15, 0.2) is 24.3 Å². The van der Waals surface area contributed by atoms with Crippen molar-refractivity contribution in [2.45, 2.75) is 0 Å². The largest absolute Gasteiger partial charge is 0.493 e. The number of hydrogen-bond donors (Lipinski definition) is 2. The number of rotatable bonds is 4. The summed E-state index contributed by atoms with van der Waals surface area (Å²) < 4.78 is 5.32. The molecule has 1 aromatic heterocycles. The smallest absolute Gasteiger partial charge is 0.273 e. The highest BCUT2D eigenvalue weighted by Gasteiger charge is 2.16. The lowest BCUT2D eigenvalue weighted by Crippen LogP contribution is -2.21. The van der Waals surface area contributed by atoms with Gasteiger partial charge in [-0.3, -0.25) is 4.79 Å². The van der Waals surface area contributed by atoms with Crippen molar-refractivity contribution in [1.82, 2.24) is 15.5 Å². The molecule has 0 saturated carbocycles. The molecule has 0 unspecified atom stereocenters. The number of nitrogens with zero attached hydrogens (tertiary/aromatic N) is 2. The highest BCUT2D eigenvalue weighted by atomic mass is 35.5. The molecule has 0 bridgehead atoms. The minimum absolute atomic E-state index is 0.111. The van der Waals surface area contributed by atoms with Crippen LogP contribution in [-0.4, -0.2) is 30.3 Å². The molecule has 7 heteroatoms. The molecule has 6 nitrogen and oxygen atoms in total. The van der Waals surface area contributed by atoms with Crippen molar-refractivity contribution >= 4 is 28.9 Å². The fourth-order valence-electron chi connectivity index (χ4n) is 1.86. The summed E-state index contributed by atoms with van der Waals surface area (Å²) in [5, 5.41) is 13.2.